The van der Waals surface area contributed by atoms with E-state index in [0.29, 0.717) is 6.54 Å². The number of likely N-dealkylation sites (tertiary alicyclic amines) is 1. The molecule has 0 aromatic heterocycles. The highest BCUT2D eigenvalue weighted by molar-refractivity contribution is 5.69. The highest BCUT2D eigenvalue weighted by Crippen LogP contribution is 2.23. The molecule has 4 heteroatoms. The van der Waals surface area contributed by atoms with Crippen molar-refractivity contribution in [1.82, 2.24) is 4.90 Å². The minimum atomic E-state index is -0.866. The predicted molar refractivity (Wildman–Crippen MR) is 85.3 cm³/mol. The number of nitrogens with zero attached hydrogens (tertiary/aromatic N) is 1. The summed E-state index contributed by atoms with van der Waals surface area (Å²) in [6.45, 7) is 6.11. The van der Waals surface area contributed by atoms with Crippen LogP contribution in [0.1, 0.15) is 39.2 Å². The summed E-state index contributed by atoms with van der Waals surface area (Å²) in [6.07, 6.45) is 0.350. The molecule has 1 fully saturated rings. The molecule has 0 spiro atoms. The van der Waals surface area contributed by atoms with Crippen molar-refractivity contribution >= 4 is 6.09 Å². The van der Waals surface area contributed by atoms with Gasteiger partial charge in [-0.1, -0.05) is 30.0 Å². The van der Waals surface area contributed by atoms with Crippen LogP contribution in [0, 0.1) is 11.8 Å². The van der Waals surface area contributed by atoms with E-state index in [4.69, 9.17) is 4.74 Å². The molecule has 1 N–H and O–H groups in total. The lowest BCUT2D eigenvalue weighted by Gasteiger charge is -2.29. The smallest absolute Gasteiger partial charge is 0.410 e. The molecule has 2 atom stereocenters. The molecule has 1 aliphatic heterocycles. The predicted octanol–water partition coefficient (Wildman–Crippen LogP) is 2.80. The Morgan fingerprint density at radius 3 is 2.68 bits per heavy atom. The van der Waals surface area contributed by atoms with Gasteiger partial charge in [-0.2, -0.15) is 0 Å². The average molecular weight is 301 g/mol. The van der Waals surface area contributed by atoms with Gasteiger partial charge in [0, 0.05) is 12.1 Å². The van der Waals surface area contributed by atoms with Crippen LogP contribution in [0.25, 0.3) is 0 Å². The molecule has 1 saturated heterocycles. The van der Waals surface area contributed by atoms with Gasteiger partial charge in [0.25, 0.3) is 0 Å². The first kappa shape index (κ1) is 16.4. The first-order valence-corrected chi connectivity index (χ1v) is 7.61. The van der Waals surface area contributed by atoms with Crippen molar-refractivity contribution in [1.29, 1.82) is 0 Å². The fraction of sp³-hybridized carbons (Fsp3) is 0.500. The molecular formula is C18H23NO3. The van der Waals surface area contributed by atoms with Crippen LogP contribution in [0.2, 0.25) is 0 Å². The van der Waals surface area contributed by atoms with E-state index in [-0.39, 0.29) is 12.1 Å². The summed E-state index contributed by atoms with van der Waals surface area (Å²) in [4.78, 5) is 13.8. The maximum absolute atomic E-state index is 12.2. The van der Waals surface area contributed by atoms with Crippen molar-refractivity contribution in [2.45, 2.75) is 51.4 Å². The van der Waals surface area contributed by atoms with Crippen LogP contribution in [0.5, 0.6) is 0 Å². The third-order valence-corrected chi connectivity index (χ3v) is 3.43. The molecule has 1 aromatic rings. The third-order valence-electron chi connectivity index (χ3n) is 3.43. The SMILES string of the molecule is CC(C)(C)OC(=O)N1CCC[C@H]1[C@@H](O)C#Cc1ccccc1. The van der Waals surface area contributed by atoms with Gasteiger partial charge in [0.2, 0.25) is 0 Å². The molecule has 1 aliphatic rings. The van der Waals surface area contributed by atoms with Crippen molar-refractivity contribution in [3.05, 3.63) is 35.9 Å². The van der Waals surface area contributed by atoms with Gasteiger partial charge >= 0.3 is 6.09 Å². The number of hydrogen-bond acceptors (Lipinski definition) is 3. The Labute approximate surface area is 132 Å². The molecule has 4 nitrogen and oxygen atoms in total. The first-order valence-electron chi connectivity index (χ1n) is 7.61. The van der Waals surface area contributed by atoms with E-state index in [1.54, 1.807) is 4.90 Å². The highest BCUT2D eigenvalue weighted by atomic mass is 16.6. The molecule has 22 heavy (non-hydrogen) atoms. The lowest BCUT2D eigenvalue weighted by atomic mass is 10.1. The molecule has 0 radical (unpaired) electrons. The summed E-state index contributed by atoms with van der Waals surface area (Å²) in [5, 5.41) is 10.3. The molecular weight excluding hydrogens is 278 g/mol. The van der Waals surface area contributed by atoms with Crippen LogP contribution in [0.15, 0.2) is 30.3 Å². The van der Waals surface area contributed by atoms with Crippen LogP contribution in [-0.4, -0.2) is 40.4 Å². The molecule has 2 rings (SSSR count). The van der Waals surface area contributed by atoms with E-state index in [2.05, 4.69) is 11.8 Å². The van der Waals surface area contributed by atoms with E-state index < -0.39 is 11.7 Å². The first-order chi connectivity index (χ1) is 10.4. The Kier molecular flexibility index (Phi) is 5.10. The average Bonchev–Trinajstić information content (AvgIpc) is 2.93. The second-order valence-electron chi connectivity index (χ2n) is 6.46. The number of aliphatic hydroxyl groups is 1. The van der Waals surface area contributed by atoms with Crippen LogP contribution < -0.4 is 0 Å². The molecule has 118 valence electrons. The van der Waals surface area contributed by atoms with Crippen LogP contribution in [0.3, 0.4) is 0 Å². The van der Waals surface area contributed by atoms with Crippen molar-refractivity contribution in [3.63, 3.8) is 0 Å². The van der Waals surface area contributed by atoms with Gasteiger partial charge < -0.3 is 14.7 Å². The van der Waals surface area contributed by atoms with E-state index in [0.717, 1.165) is 18.4 Å². The molecule has 0 unspecified atom stereocenters. The van der Waals surface area contributed by atoms with Crippen LogP contribution in [0.4, 0.5) is 4.79 Å². The molecule has 0 bridgehead atoms. The summed E-state index contributed by atoms with van der Waals surface area (Å²) < 4.78 is 5.39. The van der Waals surface area contributed by atoms with Crippen molar-refractivity contribution in [2.24, 2.45) is 0 Å². The fourth-order valence-corrected chi connectivity index (χ4v) is 2.44. The quantitative estimate of drug-likeness (QED) is 0.812. The van der Waals surface area contributed by atoms with E-state index in [9.17, 15) is 9.90 Å². The Morgan fingerprint density at radius 2 is 2.05 bits per heavy atom. The second-order valence-corrected chi connectivity index (χ2v) is 6.46. The standard InChI is InChI=1S/C18H23NO3/c1-18(2,3)22-17(21)19-13-7-10-15(19)16(20)12-11-14-8-5-4-6-9-14/h4-6,8-9,15-16,20H,7,10,13H2,1-3H3/t15-,16-/m0/s1. The summed E-state index contributed by atoms with van der Waals surface area (Å²) in [5.41, 5.74) is 0.314. The number of hydrogen-bond donors (Lipinski definition) is 1. The molecule has 0 aliphatic carbocycles. The van der Waals surface area contributed by atoms with Gasteiger partial charge in [-0.25, -0.2) is 4.79 Å². The van der Waals surface area contributed by atoms with Gasteiger partial charge in [0.1, 0.15) is 11.7 Å². The number of amides is 1. The molecule has 0 saturated carbocycles. The van der Waals surface area contributed by atoms with Crippen LogP contribution >= 0.6 is 0 Å². The lowest BCUT2D eigenvalue weighted by molar-refractivity contribution is 0.0123. The van der Waals surface area contributed by atoms with Gasteiger partial charge in [-0.05, 0) is 45.7 Å². The third kappa shape index (κ3) is 4.51. The maximum atomic E-state index is 12.2. The normalized spacial score (nSPS) is 19.3. The Hall–Kier alpha value is -1.99. The Balaban J connectivity index is 2.04. The van der Waals surface area contributed by atoms with Gasteiger partial charge in [-0.15, -0.1) is 0 Å². The van der Waals surface area contributed by atoms with Crippen LogP contribution in [-0.2, 0) is 4.74 Å². The number of rotatable bonds is 1. The van der Waals surface area contributed by atoms with Crippen molar-refractivity contribution in [3.8, 4) is 11.8 Å². The minimum Gasteiger partial charge on any atom is -0.444 e. The van der Waals surface area contributed by atoms with E-state index in [1.165, 1.54) is 0 Å². The van der Waals surface area contributed by atoms with Crippen molar-refractivity contribution in [2.75, 3.05) is 6.54 Å². The Morgan fingerprint density at radius 1 is 1.36 bits per heavy atom. The summed E-state index contributed by atoms with van der Waals surface area (Å²) in [7, 11) is 0. The number of carbonyl (C=O) groups excluding carboxylic acids is 1. The molecule has 1 amide bonds. The minimum absolute atomic E-state index is 0.300. The summed E-state index contributed by atoms with van der Waals surface area (Å²) in [6, 6.07) is 9.20. The van der Waals surface area contributed by atoms with Gasteiger partial charge in [0.15, 0.2) is 0 Å². The topological polar surface area (TPSA) is 49.8 Å². The number of benzene rings is 1. The zero-order valence-corrected chi connectivity index (χ0v) is 13.4. The lowest BCUT2D eigenvalue weighted by Crippen LogP contribution is -2.44. The molecule has 1 heterocycles. The second kappa shape index (κ2) is 6.85. The fourth-order valence-electron chi connectivity index (χ4n) is 2.44. The number of ether oxygens (including phenoxy) is 1. The number of carbonyl (C=O) groups is 1. The van der Waals surface area contributed by atoms with Gasteiger partial charge in [-0.3, -0.25) is 0 Å². The van der Waals surface area contributed by atoms with E-state index >= 15 is 0 Å². The van der Waals surface area contributed by atoms with Crippen molar-refractivity contribution < 1.29 is 14.6 Å². The highest BCUT2D eigenvalue weighted by Gasteiger charge is 2.35. The summed E-state index contributed by atoms with van der Waals surface area (Å²) >= 11 is 0. The number of aliphatic hydroxyl groups excluding tert-OH is 1. The van der Waals surface area contributed by atoms with E-state index in [1.807, 2.05) is 51.1 Å². The zero-order chi connectivity index (χ0) is 16.2. The monoisotopic (exact) mass is 301 g/mol. The van der Waals surface area contributed by atoms with Gasteiger partial charge in [0.05, 0.1) is 6.04 Å². The maximum Gasteiger partial charge on any atom is 0.410 e. The summed E-state index contributed by atoms with van der Waals surface area (Å²) in [5.74, 6) is 5.79. The largest absolute Gasteiger partial charge is 0.444 e. The Bertz CT molecular complexity index is 565. The zero-order valence-electron chi connectivity index (χ0n) is 13.4. The molecule has 1 aromatic carbocycles.